The molecule has 0 aliphatic rings. The van der Waals surface area contributed by atoms with Crippen molar-refractivity contribution < 1.29 is 37.4 Å². The molecule has 4 rings (SSSR count). The van der Waals surface area contributed by atoms with Crippen molar-refractivity contribution in [3.8, 4) is 0 Å². The van der Waals surface area contributed by atoms with E-state index in [9.17, 15) is 28.0 Å². The van der Waals surface area contributed by atoms with Gasteiger partial charge in [0.1, 0.15) is 23.0 Å². The van der Waals surface area contributed by atoms with Crippen LogP contribution in [0, 0.1) is 11.6 Å². The van der Waals surface area contributed by atoms with Crippen LogP contribution in [0.4, 0.5) is 20.2 Å². The van der Waals surface area contributed by atoms with Crippen LogP contribution >= 0.6 is 0 Å². The van der Waals surface area contributed by atoms with Crippen LogP contribution in [0.25, 0.3) is 0 Å². The second kappa shape index (κ2) is 20.6. The molecule has 0 aliphatic carbocycles. The largest absolute Gasteiger partial charge is 0.464 e. The lowest BCUT2D eigenvalue weighted by molar-refractivity contribution is -0.137. The Morgan fingerprint density at radius 3 is 1.45 bits per heavy atom. The number of hydrogen-bond acceptors (Lipinski definition) is 9. The van der Waals surface area contributed by atoms with E-state index >= 15 is 0 Å². The summed E-state index contributed by atoms with van der Waals surface area (Å²) in [6.45, 7) is 0. The fourth-order valence-electron chi connectivity index (χ4n) is 3.49. The number of carbonyl (C=O) groups excluding carboxylic acids is 4. The van der Waals surface area contributed by atoms with Gasteiger partial charge in [0.15, 0.2) is 0 Å². The molecular weight excluding hydrogens is 636 g/mol. The highest BCUT2D eigenvalue weighted by Gasteiger charge is 2.16. The van der Waals surface area contributed by atoms with E-state index < -0.39 is 17.8 Å². The molecule has 0 aliphatic heterocycles. The average molecular weight is 674 g/mol. The van der Waals surface area contributed by atoms with Gasteiger partial charge in [-0.2, -0.15) is 0 Å². The van der Waals surface area contributed by atoms with Crippen molar-refractivity contribution in [1.29, 1.82) is 0 Å². The SMILES string of the molecule is COC(=O)/C(=C\N(C)C)NC(=O)c1ccccc1.COC(=O)/C(=C\Nc1ccc(F)cc1)NC(=O)c1ccccc1.Nc1ccc(F)cc1. The Kier molecular flexibility index (Phi) is 16.3. The van der Waals surface area contributed by atoms with Crippen molar-refractivity contribution in [2.75, 3.05) is 39.4 Å². The van der Waals surface area contributed by atoms with Crippen LogP contribution in [0.5, 0.6) is 0 Å². The summed E-state index contributed by atoms with van der Waals surface area (Å²) in [5.41, 5.74) is 7.32. The van der Waals surface area contributed by atoms with Gasteiger partial charge in [0, 0.05) is 49.0 Å². The number of benzene rings is 4. The molecule has 0 heterocycles. The van der Waals surface area contributed by atoms with Crippen LogP contribution in [0.1, 0.15) is 20.7 Å². The van der Waals surface area contributed by atoms with Gasteiger partial charge in [-0.3, -0.25) is 9.59 Å². The lowest BCUT2D eigenvalue weighted by Gasteiger charge is -2.11. The average Bonchev–Trinajstić information content (AvgIpc) is 3.12. The maximum Gasteiger partial charge on any atom is 0.356 e. The molecule has 0 fully saturated rings. The molecule has 0 saturated heterocycles. The highest BCUT2D eigenvalue weighted by atomic mass is 19.1. The minimum atomic E-state index is -0.705. The van der Waals surface area contributed by atoms with Crippen molar-refractivity contribution in [2.45, 2.75) is 0 Å². The van der Waals surface area contributed by atoms with Gasteiger partial charge in [0.2, 0.25) is 0 Å². The molecule has 0 radical (unpaired) electrons. The summed E-state index contributed by atoms with van der Waals surface area (Å²) in [7, 11) is 5.97. The Balaban J connectivity index is 0.000000283. The smallest absolute Gasteiger partial charge is 0.356 e. The molecule has 4 aromatic rings. The predicted molar refractivity (Wildman–Crippen MR) is 183 cm³/mol. The van der Waals surface area contributed by atoms with Crippen LogP contribution in [-0.2, 0) is 19.1 Å². The van der Waals surface area contributed by atoms with Gasteiger partial charge in [-0.15, -0.1) is 0 Å². The molecule has 11 nitrogen and oxygen atoms in total. The van der Waals surface area contributed by atoms with Crippen LogP contribution in [-0.4, -0.2) is 57.0 Å². The number of nitrogens with one attached hydrogen (secondary N) is 3. The maximum absolute atomic E-state index is 12.9. The molecule has 5 N–H and O–H groups in total. The number of nitrogens with zero attached hydrogens (tertiary/aromatic N) is 1. The van der Waals surface area contributed by atoms with E-state index in [0.29, 0.717) is 22.5 Å². The molecule has 0 bridgehead atoms. The van der Waals surface area contributed by atoms with Crippen LogP contribution < -0.4 is 21.7 Å². The highest BCUT2D eigenvalue weighted by Crippen LogP contribution is 2.09. The molecule has 256 valence electrons. The first-order valence-corrected chi connectivity index (χ1v) is 14.4. The number of esters is 2. The zero-order valence-corrected chi connectivity index (χ0v) is 27.3. The van der Waals surface area contributed by atoms with Crippen LogP contribution in [0.2, 0.25) is 0 Å². The topological polar surface area (TPSA) is 152 Å². The van der Waals surface area contributed by atoms with Gasteiger partial charge in [-0.1, -0.05) is 36.4 Å². The first kappa shape index (κ1) is 38.7. The lowest BCUT2D eigenvalue weighted by atomic mass is 10.2. The summed E-state index contributed by atoms with van der Waals surface area (Å²) in [6.07, 6.45) is 2.78. The van der Waals surface area contributed by atoms with Crippen LogP contribution in [0.15, 0.2) is 133 Å². The number of carbonyl (C=O) groups is 4. The van der Waals surface area contributed by atoms with Crippen molar-refractivity contribution in [1.82, 2.24) is 15.5 Å². The number of amides is 2. The zero-order chi connectivity index (χ0) is 36.2. The summed E-state index contributed by atoms with van der Waals surface area (Å²) in [5, 5.41) is 7.80. The third kappa shape index (κ3) is 14.6. The minimum absolute atomic E-state index is 0.0642. The normalized spacial score (nSPS) is 10.5. The van der Waals surface area contributed by atoms with Crippen molar-refractivity contribution in [2.24, 2.45) is 0 Å². The Morgan fingerprint density at radius 2 is 1.04 bits per heavy atom. The molecule has 0 spiro atoms. The number of hydrogen-bond donors (Lipinski definition) is 4. The molecular formula is C36H37F2N5O6. The highest BCUT2D eigenvalue weighted by molar-refractivity contribution is 6.01. The Morgan fingerprint density at radius 1 is 0.633 bits per heavy atom. The number of nitrogens with two attached hydrogens (primary N) is 1. The number of methoxy groups -OCH3 is 2. The molecule has 49 heavy (non-hydrogen) atoms. The third-order valence-corrected chi connectivity index (χ3v) is 5.86. The predicted octanol–water partition coefficient (Wildman–Crippen LogP) is 5.08. The molecule has 0 atom stereocenters. The van der Waals surface area contributed by atoms with Gasteiger partial charge in [-0.25, -0.2) is 18.4 Å². The molecule has 0 saturated carbocycles. The molecule has 0 unspecified atom stereocenters. The van der Waals surface area contributed by atoms with E-state index in [0.717, 1.165) is 0 Å². The van der Waals surface area contributed by atoms with Gasteiger partial charge in [0.05, 0.1) is 14.2 Å². The van der Waals surface area contributed by atoms with E-state index in [-0.39, 0.29) is 28.9 Å². The third-order valence-electron chi connectivity index (χ3n) is 5.86. The second-order valence-corrected chi connectivity index (χ2v) is 9.89. The Bertz CT molecular complexity index is 1690. The number of nitrogen functional groups attached to an aromatic ring is 1. The number of rotatable bonds is 9. The minimum Gasteiger partial charge on any atom is -0.464 e. The van der Waals surface area contributed by atoms with E-state index in [4.69, 9.17) is 5.73 Å². The maximum atomic E-state index is 12.9. The van der Waals surface area contributed by atoms with Crippen molar-refractivity contribution >= 4 is 35.1 Å². The monoisotopic (exact) mass is 673 g/mol. The first-order valence-electron chi connectivity index (χ1n) is 14.4. The van der Waals surface area contributed by atoms with Gasteiger partial charge < -0.3 is 36.1 Å². The van der Waals surface area contributed by atoms with Crippen molar-refractivity contribution in [3.63, 3.8) is 0 Å². The van der Waals surface area contributed by atoms with Crippen molar-refractivity contribution in [3.05, 3.63) is 156 Å². The Hall–Kier alpha value is -6.50. The van der Waals surface area contributed by atoms with E-state index in [1.165, 1.54) is 75.2 Å². The Labute approximate surface area is 283 Å². The zero-order valence-electron chi connectivity index (χ0n) is 27.3. The second-order valence-electron chi connectivity index (χ2n) is 9.89. The van der Waals surface area contributed by atoms with E-state index in [1.807, 2.05) is 6.07 Å². The summed E-state index contributed by atoms with van der Waals surface area (Å²) in [4.78, 5) is 48.9. The summed E-state index contributed by atoms with van der Waals surface area (Å²) in [5.74, 6) is -2.71. The summed E-state index contributed by atoms with van der Waals surface area (Å²) in [6, 6.07) is 28.4. The first-order chi connectivity index (χ1) is 23.4. The number of ether oxygens (including phenoxy) is 2. The standard InChI is InChI=1S/C17H15FN2O3.C13H16N2O3.C6H6FN/c1-23-17(22)15(11-19-14-9-7-13(18)8-10-14)20-16(21)12-5-3-2-4-6-12;1-15(2)9-11(13(17)18-3)14-12(16)10-7-5-4-6-8-10;7-5-1-3-6(8)4-2-5/h2-11,19H,1H3,(H,20,21);4-9H,1-3H3,(H,14,16);1-4H,8H2/b15-11+;11-9+;. The van der Waals surface area contributed by atoms with Crippen LogP contribution in [0.3, 0.4) is 0 Å². The fraction of sp³-hybridized carbons (Fsp3) is 0.111. The lowest BCUT2D eigenvalue weighted by Crippen LogP contribution is -2.29. The number of anilines is 2. The molecule has 2 amide bonds. The fourth-order valence-corrected chi connectivity index (χ4v) is 3.49. The summed E-state index contributed by atoms with van der Waals surface area (Å²) < 4.78 is 34.1. The van der Waals surface area contributed by atoms with E-state index in [1.54, 1.807) is 73.6 Å². The molecule has 0 aromatic heterocycles. The van der Waals surface area contributed by atoms with Gasteiger partial charge in [-0.05, 0) is 72.8 Å². The van der Waals surface area contributed by atoms with Gasteiger partial charge in [0.25, 0.3) is 11.8 Å². The molecule has 4 aromatic carbocycles. The summed E-state index contributed by atoms with van der Waals surface area (Å²) >= 11 is 0. The quantitative estimate of drug-likeness (QED) is 0.108. The molecule has 13 heteroatoms. The van der Waals surface area contributed by atoms with Gasteiger partial charge >= 0.3 is 11.9 Å². The number of halogens is 2. The van der Waals surface area contributed by atoms with E-state index in [2.05, 4.69) is 25.4 Å².